The molecule has 0 aliphatic carbocycles. The lowest BCUT2D eigenvalue weighted by atomic mass is 9.99. The molecule has 0 aliphatic heterocycles. The monoisotopic (exact) mass is 604 g/mol. The molecule has 1 aromatic heterocycles. The molecule has 0 spiro atoms. The number of Topliss-reactive ketones (excluding diaryl/α,β-unsaturated/α-hetero) is 2. The second-order valence-electron chi connectivity index (χ2n) is 10.8. The number of pyridine rings is 1. The van der Waals surface area contributed by atoms with Crippen molar-refractivity contribution in [3.8, 4) is 0 Å². The molecule has 1 heterocycles. The van der Waals surface area contributed by atoms with E-state index in [1.165, 1.54) is 42.0 Å². The van der Waals surface area contributed by atoms with Crippen molar-refractivity contribution in [3.63, 3.8) is 0 Å². The van der Waals surface area contributed by atoms with Crippen LogP contribution in [0, 0.1) is 12.8 Å². The molecule has 2 aromatic rings. The number of allylic oxidation sites excluding steroid dienone is 1. The van der Waals surface area contributed by atoms with E-state index in [0.29, 0.717) is 24.8 Å². The smallest absolute Gasteiger partial charge is 0.416 e. The van der Waals surface area contributed by atoms with E-state index < -0.39 is 41.0 Å². The number of ketones is 2. The van der Waals surface area contributed by atoms with E-state index in [1.807, 2.05) is 0 Å². The average molecular weight is 605 g/mol. The molecule has 2 rings (SSSR count). The van der Waals surface area contributed by atoms with Crippen LogP contribution in [0.15, 0.2) is 53.5 Å². The number of carbonyl (C=O) groups excluding carboxylic acids is 4. The summed E-state index contributed by atoms with van der Waals surface area (Å²) in [7, 11) is 0. The number of nitrogens with one attached hydrogen (secondary N) is 1. The first-order valence-electron chi connectivity index (χ1n) is 14.3. The molecule has 0 fully saturated rings. The first-order valence-corrected chi connectivity index (χ1v) is 14.3. The van der Waals surface area contributed by atoms with Gasteiger partial charge in [-0.1, -0.05) is 32.4 Å². The van der Waals surface area contributed by atoms with Gasteiger partial charge in [-0.3, -0.25) is 19.2 Å². The van der Waals surface area contributed by atoms with Crippen LogP contribution in [0.5, 0.6) is 0 Å². The van der Waals surface area contributed by atoms with Gasteiger partial charge >= 0.3 is 12.1 Å². The van der Waals surface area contributed by atoms with Gasteiger partial charge in [-0.2, -0.15) is 13.2 Å². The number of alkyl halides is 3. The van der Waals surface area contributed by atoms with E-state index in [1.54, 1.807) is 13.0 Å². The molecule has 1 amide bonds. The number of hydrogen-bond donors (Lipinski definition) is 1. The first kappa shape index (κ1) is 35.2. The summed E-state index contributed by atoms with van der Waals surface area (Å²) in [6.07, 6.45) is 1.14. The van der Waals surface area contributed by atoms with Crippen LogP contribution in [0.4, 0.5) is 13.2 Å². The number of aromatic nitrogens is 1. The summed E-state index contributed by atoms with van der Waals surface area (Å²) in [6.45, 7) is 7.22. The number of nitrogens with zero attached hydrogens (tertiary/aromatic N) is 1. The highest BCUT2D eigenvalue weighted by atomic mass is 19.4. The summed E-state index contributed by atoms with van der Waals surface area (Å²) in [4.78, 5) is 63.4. The van der Waals surface area contributed by atoms with Crippen molar-refractivity contribution in [1.29, 1.82) is 0 Å². The van der Waals surface area contributed by atoms with E-state index in [0.717, 1.165) is 12.5 Å². The number of esters is 1. The Hall–Kier alpha value is -4.02. The van der Waals surface area contributed by atoms with Gasteiger partial charge < -0.3 is 14.6 Å². The van der Waals surface area contributed by atoms with Crippen LogP contribution in [0.2, 0.25) is 0 Å². The quantitative estimate of drug-likeness (QED) is 0.203. The van der Waals surface area contributed by atoms with Crippen molar-refractivity contribution >= 4 is 23.4 Å². The number of amides is 1. The molecule has 43 heavy (non-hydrogen) atoms. The highest BCUT2D eigenvalue weighted by Gasteiger charge is 2.32. The second kappa shape index (κ2) is 16.6. The minimum Gasteiger partial charge on any atom is -0.463 e. The summed E-state index contributed by atoms with van der Waals surface area (Å²) in [5.74, 6) is -1.69. The molecule has 0 radical (unpaired) electrons. The summed E-state index contributed by atoms with van der Waals surface area (Å²) in [5.41, 5.74) is -1.47. The number of halogens is 3. The molecular formula is C32H39F3N2O6. The molecule has 1 aromatic carbocycles. The van der Waals surface area contributed by atoms with Crippen molar-refractivity contribution in [1.82, 2.24) is 9.88 Å². The topological polar surface area (TPSA) is 112 Å². The molecule has 11 heteroatoms. The molecule has 0 unspecified atom stereocenters. The zero-order valence-electron chi connectivity index (χ0n) is 25.0. The zero-order chi connectivity index (χ0) is 32.2. The summed E-state index contributed by atoms with van der Waals surface area (Å²) < 4.78 is 46.0. The van der Waals surface area contributed by atoms with Gasteiger partial charge in [-0.05, 0) is 68.9 Å². The lowest BCUT2D eigenvalue weighted by molar-refractivity contribution is -0.138. The number of hydrogen-bond acceptors (Lipinski definition) is 6. The lowest BCUT2D eigenvalue weighted by Crippen LogP contribution is -2.42. The Balaban J connectivity index is 2.25. The minimum atomic E-state index is -4.67. The molecule has 0 aliphatic rings. The van der Waals surface area contributed by atoms with Gasteiger partial charge in [0.1, 0.15) is 0 Å². The van der Waals surface area contributed by atoms with Gasteiger partial charge in [0, 0.05) is 36.2 Å². The van der Waals surface area contributed by atoms with Gasteiger partial charge in [0.05, 0.1) is 24.8 Å². The summed E-state index contributed by atoms with van der Waals surface area (Å²) in [6, 6.07) is 4.72. The Morgan fingerprint density at radius 3 is 2.47 bits per heavy atom. The molecule has 234 valence electrons. The Labute approximate surface area is 249 Å². The van der Waals surface area contributed by atoms with Crippen LogP contribution in [0.1, 0.15) is 79.9 Å². The Kier molecular flexibility index (Phi) is 13.6. The third-order valence-corrected chi connectivity index (χ3v) is 6.57. The molecule has 0 saturated heterocycles. The number of ether oxygens (including phenoxy) is 1. The van der Waals surface area contributed by atoms with Crippen molar-refractivity contribution in [3.05, 3.63) is 81.3 Å². The van der Waals surface area contributed by atoms with Gasteiger partial charge in [0.15, 0.2) is 11.6 Å². The molecule has 0 bridgehead atoms. The van der Waals surface area contributed by atoms with Crippen LogP contribution >= 0.6 is 0 Å². The standard InChI is InChI=1S/C32H39F3N2O6/c1-5-43-29(40)14-7-6-13-27(36-30(41)24-16-22(4)17-25(18-24)32(33,34)35)28(39)19-23-11-9-15-37(31(23)42)20-26(38)12-8-10-21(2)3/h7,9,11,14-18,21,27H,5-6,8,10,12-13,19-20H2,1-4H3,(H,36,41)/b14-7+/t27-/m0/s1. The maximum atomic E-state index is 13.4. The molecule has 1 atom stereocenters. The van der Waals surface area contributed by atoms with Gasteiger partial charge in [-0.15, -0.1) is 0 Å². The number of carbonyl (C=O) groups is 4. The Bertz CT molecular complexity index is 1380. The number of benzene rings is 1. The van der Waals surface area contributed by atoms with Crippen molar-refractivity contribution < 1.29 is 37.1 Å². The third kappa shape index (κ3) is 12.0. The molecule has 1 N–H and O–H groups in total. The Morgan fingerprint density at radius 1 is 1.09 bits per heavy atom. The molecule has 0 saturated carbocycles. The van der Waals surface area contributed by atoms with Crippen LogP contribution in [0.3, 0.4) is 0 Å². The van der Waals surface area contributed by atoms with Crippen molar-refractivity contribution in [2.75, 3.05) is 6.61 Å². The highest BCUT2D eigenvalue weighted by Crippen LogP contribution is 2.30. The van der Waals surface area contributed by atoms with Crippen LogP contribution in [-0.4, -0.2) is 40.7 Å². The lowest BCUT2D eigenvalue weighted by Gasteiger charge is -2.18. The van der Waals surface area contributed by atoms with E-state index in [9.17, 15) is 37.1 Å². The first-order chi connectivity index (χ1) is 20.2. The van der Waals surface area contributed by atoms with Crippen molar-refractivity contribution in [2.24, 2.45) is 5.92 Å². The highest BCUT2D eigenvalue weighted by molar-refractivity contribution is 5.98. The van der Waals surface area contributed by atoms with E-state index >= 15 is 0 Å². The van der Waals surface area contributed by atoms with Crippen LogP contribution in [-0.2, 0) is 38.3 Å². The summed E-state index contributed by atoms with van der Waals surface area (Å²) in [5, 5.41) is 2.50. The fourth-order valence-electron chi connectivity index (χ4n) is 4.40. The molecular weight excluding hydrogens is 565 g/mol. The van der Waals surface area contributed by atoms with Crippen LogP contribution in [0.25, 0.3) is 0 Å². The average Bonchev–Trinajstić information content (AvgIpc) is 2.91. The largest absolute Gasteiger partial charge is 0.463 e. The maximum absolute atomic E-state index is 13.4. The fourth-order valence-corrected chi connectivity index (χ4v) is 4.40. The number of rotatable bonds is 16. The van der Waals surface area contributed by atoms with E-state index in [2.05, 4.69) is 19.2 Å². The Morgan fingerprint density at radius 2 is 1.81 bits per heavy atom. The fraction of sp³-hybridized carbons (Fsp3) is 0.469. The van der Waals surface area contributed by atoms with E-state index in [4.69, 9.17) is 4.74 Å². The SMILES string of the molecule is CCOC(=O)/C=C/CC[C@H](NC(=O)c1cc(C)cc(C(F)(F)F)c1)C(=O)Cc1cccn(CC(=O)CCCC(C)C)c1=O. The maximum Gasteiger partial charge on any atom is 0.416 e. The third-order valence-electron chi connectivity index (χ3n) is 6.57. The second-order valence-corrected chi connectivity index (χ2v) is 10.8. The van der Waals surface area contributed by atoms with Gasteiger partial charge in [-0.25, -0.2) is 4.79 Å². The van der Waals surface area contributed by atoms with E-state index in [-0.39, 0.29) is 54.9 Å². The zero-order valence-corrected chi connectivity index (χ0v) is 25.0. The van der Waals surface area contributed by atoms with Crippen LogP contribution < -0.4 is 10.9 Å². The minimum absolute atomic E-state index is 0.00772. The van der Waals surface area contributed by atoms with Gasteiger partial charge in [0.25, 0.3) is 11.5 Å². The predicted molar refractivity (Wildman–Crippen MR) is 156 cm³/mol. The summed E-state index contributed by atoms with van der Waals surface area (Å²) >= 11 is 0. The van der Waals surface area contributed by atoms with Crippen molar-refractivity contribution in [2.45, 2.75) is 85.0 Å². The van der Waals surface area contributed by atoms with Gasteiger partial charge in [0.2, 0.25) is 0 Å². The predicted octanol–water partition coefficient (Wildman–Crippen LogP) is 5.38. The molecule has 8 nitrogen and oxygen atoms in total. The number of aryl methyl sites for hydroxylation is 1. The normalized spacial score (nSPS) is 12.4.